The fraction of sp³-hybridized carbons (Fsp3) is 0.750. The van der Waals surface area contributed by atoms with Gasteiger partial charge in [0, 0.05) is 37.9 Å². The van der Waals surface area contributed by atoms with Crippen molar-refractivity contribution in [1.29, 1.82) is 0 Å². The number of piperazine rings is 1. The fourth-order valence-electron chi connectivity index (χ4n) is 6.14. The molecule has 0 spiro atoms. The highest BCUT2D eigenvalue weighted by atomic mass is 16.7. The lowest BCUT2D eigenvalue weighted by Gasteiger charge is -2.46. The van der Waals surface area contributed by atoms with E-state index in [1.165, 1.54) is 43.5 Å². The van der Waals surface area contributed by atoms with Gasteiger partial charge in [0.15, 0.2) is 11.5 Å². The minimum atomic E-state index is 0.351. The van der Waals surface area contributed by atoms with Gasteiger partial charge in [-0.2, -0.15) is 0 Å². The zero-order valence-electron chi connectivity index (χ0n) is 18.5. The summed E-state index contributed by atoms with van der Waals surface area (Å²) in [5, 5.41) is 0. The molecule has 2 heterocycles. The van der Waals surface area contributed by atoms with Crippen LogP contribution in [-0.2, 0) is 0 Å². The molecule has 4 heteroatoms. The van der Waals surface area contributed by atoms with Crippen LogP contribution < -0.4 is 14.4 Å². The van der Waals surface area contributed by atoms with Gasteiger partial charge in [-0.1, -0.05) is 34.6 Å². The summed E-state index contributed by atoms with van der Waals surface area (Å²) < 4.78 is 11.5. The number of nitrogens with zero attached hydrogens (tertiary/aromatic N) is 2. The molecule has 4 rings (SSSR count). The van der Waals surface area contributed by atoms with E-state index in [0.29, 0.717) is 23.5 Å². The van der Waals surface area contributed by atoms with Crippen LogP contribution in [0.15, 0.2) is 12.1 Å². The molecule has 2 fully saturated rings. The number of ether oxygens (including phenoxy) is 2. The Kier molecular flexibility index (Phi) is 5.28. The van der Waals surface area contributed by atoms with Crippen LogP contribution in [0.2, 0.25) is 0 Å². The van der Waals surface area contributed by atoms with Crippen molar-refractivity contribution in [3.05, 3.63) is 17.7 Å². The molecule has 0 amide bonds. The molecular formula is C24H38N2O2. The normalized spacial score (nSPS) is 24.5. The number of rotatable bonds is 4. The molecule has 0 aromatic heterocycles. The molecule has 2 aliphatic heterocycles. The summed E-state index contributed by atoms with van der Waals surface area (Å²) in [5.41, 5.74) is 3.62. The van der Waals surface area contributed by atoms with Crippen LogP contribution >= 0.6 is 0 Å². The third kappa shape index (κ3) is 4.12. The summed E-state index contributed by atoms with van der Waals surface area (Å²) in [6.45, 7) is 18.1. The van der Waals surface area contributed by atoms with Gasteiger partial charge >= 0.3 is 0 Å². The number of hydrogen-bond donors (Lipinski definition) is 0. The van der Waals surface area contributed by atoms with Gasteiger partial charge in [0.05, 0.1) is 0 Å². The lowest BCUT2D eigenvalue weighted by molar-refractivity contribution is 0.0969. The average Bonchev–Trinajstić information content (AvgIpc) is 3.06. The minimum Gasteiger partial charge on any atom is -0.454 e. The van der Waals surface area contributed by atoms with E-state index in [1.807, 2.05) is 0 Å². The molecule has 0 unspecified atom stereocenters. The van der Waals surface area contributed by atoms with Crippen LogP contribution in [0.5, 0.6) is 11.5 Å². The van der Waals surface area contributed by atoms with Gasteiger partial charge in [0.25, 0.3) is 0 Å². The largest absolute Gasteiger partial charge is 0.454 e. The predicted molar refractivity (Wildman–Crippen MR) is 116 cm³/mol. The summed E-state index contributed by atoms with van der Waals surface area (Å²) >= 11 is 0. The second-order valence-electron chi connectivity index (χ2n) is 10.7. The van der Waals surface area contributed by atoms with Crippen LogP contribution in [0, 0.1) is 10.8 Å². The van der Waals surface area contributed by atoms with Gasteiger partial charge in [-0.3, -0.25) is 4.90 Å². The molecule has 1 aromatic carbocycles. The van der Waals surface area contributed by atoms with Crippen molar-refractivity contribution >= 4 is 5.69 Å². The molecule has 28 heavy (non-hydrogen) atoms. The molecule has 1 aromatic rings. The Morgan fingerprint density at radius 1 is 0.929 bits per heavy atom. The Hall–Kier alpha value is -1.42. The lowest BCUT2D eigenvalue weighted by atomic mass is 9.60. The first kappa shape index (κ1) is 19.9. The summed E-state index contributed by atoms with van der Waals surface area (Å²) in [5.74, 6) is 2.44. The van der Waals surface area contributed by atoms with Crippen molar-refractivity contribution in [2.45, 2.75) is 66.2 Å². The zero-order chi connectivity index (χ0) is 19.9. The van der Waals surface area contributed by atoms with Crippen LogP contribution in [0.3, 0.4) is 0 Å². The van der Waals surface area contributed by atoms with E-state index in [1.54, 1.807) is 0 Å². The van der Waals surface area contributed by atoms with Crippen molar-refractivity contribution in [1.82, 2.24) is 4.90 Å². The van der Waals surface area contributed by atoms with Gasteiger partial charge in [0.2, 0.25) is 6.79 Å². The van der Waals surface area contributed by atoms with E-state index in [9.17, 15) is 0 Å². The standard InChI is InChI=1S/C24H38N2O2/c1-6-7-25-8-10-26(11-9-25)20-13-22-21(27-17-28-22)12-19(20)18-14-23(2,3)16-24(4,5)15-18/h12-13,18H,6-11,14-17H2,1-5H3. The molecule has 156 valence electrons. The molecule has 1 aliphatic carbocycles. The Labute approximate surface area is 171 Å². The molecule has 0 atom stereocenters. The maximum Gasteiger partial charge on any atom is 0.231 e. The van der Waals surface area contributed by atoms with E-state index >= 15 is 0 Å². The molecule has 1 saturated heterocycles. The number of benzene rings is 1. The first-order chi connectivity index (χ1) is 13.3. The highest BCUT2D eigenvalue weighted by Gasteiger charge is 2.40. The number of anilines is 1. The maximum atomic E-state index is 5.78. The third-order valence-electron chi connectivity index (χ3n) is 6.77. The molecule has 3 aliphatic rings. The van der Waals surface area contributed by atoms with E-state index in [-0.39, 0.29) is 0 Å². The van der Waals surface area contributed by atoms with Gasteiger partial charge in [-0.25, -0.2) is 0 Å². The predicted octanol–water partition coefficient (Wildman–Crippen LogP) is 5.27. The second kappa shape index (κ2) is 7.44. The van der Waals surface area contributed by atoms with Crippen molar-refractivity contribution in [3.8, 4) is 11.5 Å². The Morgan fingerprint density at radius 3 is 2.14 bits per heavy atom. The zero-order valence-corrected chi connectivity index (χ0v) is 18.5. The summed E-state index contributed by atoms with van der Waals surface area (Å²) in [7, 11) is 0. The van der Waals surface area contributed by atoms with E-state index in [2.05, 4.69) is 56.6 Å². The number of hydrogen-bond acceptors (Lipinski definition) is 4. The van der Waals surface area contributed by atoms with E-state index in [4.69, 9.17) is 9.47 Å². The Balaban J connectivity index is 1.65. The maximum absolute atomic E-state index is 5.78. The third-order valence-corrected chi connectivity index (χ3v) is 6.77. The molecule has 1 saturated carbocycles. The average molecular weight is 387 g/mol. The fourth-order valence-corrected chi connectivity index (χ4v) is 6.14. The van der Waals surface area contributed by atoms with Crippen LogP contribution in [0.25, 0.3) is 0 Å². The van der Waals surface area contributed by atoms with Crippen molar-refractivity contribution in [3.63, 3.8) is 0 Å². The molecular weight excluding hydrogens is 348 g/mol. The molecule has 0 radical (unpaired) electrons. The number of fused-ring (bicyclic) bond motifs is 1. The summed E-state index contributed by atoms with van der Waals surface area (Å²) in [6.07, 6.45) is 5.03. The van der Waals surface area contributed by atoms with Crippen LogP contribution in [0.1, 0.15) is 71.8 Å². The lowest BCUT2D eigenvalue weighted by Crippen LogP contribution is -2.47. The summed E-state index contributed by atoms with van der Waals surface area (Å²) in [4.78, 5) is 5.19. The van der Waals surface area contributed by atoms with Crippen LogP contribution in [-0.4, -0.2) is 44.4 Å². The smallest absolute Gasteiger partial charge is 0.231 e. The van der Waals surface area contributed by atoms with E-state index < -0.39 is 0 Å². The highest BCUT2D eigenvalue weighted by Crippen LogP contribution is 2.54. The molecule has 4 nitrogen and oxygen atoms in total. The van der Waals surface area contributed by atoms with Crippen molar-refractivity contribution < 1.29 is 9.47 Å². The minimum absolute atomic E-state index is 0.351. The van der Waals surface area contributed by atoms with Crippen molar-refractivity contribution in [2.24, 2.45) is 10.8 Å². The SMILES string of the molecule is CCCN1CCN(c2cc3c(cc2C2CC(C)(C)CC(C)(C)C2)OCO3)CC1. The van der Waals surface area contributed by atoms with Gasteiger partial charge < -0.3 is 14.4 Å². The van der Waals surface area contributed by atoms with Gasteiger partial charge in [-0.15, -0.1) is 0 Å². The Morgan fingerprint density at radius 2 is 1.54 bits per heavy atom. The van der Waals surface area contributed by atoms with E-state index in [0.717, 1.165) is 37.7 Å². The van der Waals surface area contributed by atoms with Crippen molar-refractivity contribution in [2.75, 3.05) is 44.4 Å². The molecule has 0 N–H and O–H groups in total. The molecule has 0 bridgehead atoms. The first-order valence-electron chi connectivity index (χ1n) is 11.2. The van der Waals surface area contributed by atoms with Crippen LogP contribution in [0.4, 0.5) is 5.69 Å². The van der Waals surface area contributed by atoms with Gasteiger partial charge in [0.1, 0.15) is 0 Å². The topological polar surface area (TPSA) is 24.9 Å². The monoisotopic (exact) mass is 386 g/mol. The summed E-state index contributed by atoms with van der Waals surface area (Å²) in [6, 6.07) is 4.57. The quantitative estimate of drug-likeness (QED) is 0.704. The highest BCUT2D eigenvalue weighted by molar-refractivity contribution is 5.64. The first-order valence-corrected chi connectivity index (χ1v) is 11.2. The second-order valence-corrected chi connectivity index (χ2v) is 10.7. The van der Waals surface area contributed by atoms with Gasteiger partial charge in [-0.05, 0) is 60.6 Å². The Bertz CT molecular complexity index is 689.